The number of hydrogen-bond donors (Lipinski definition) is 6. The maximum Gasteiger partial charge on any atom is 0.296 e. The van der Waals surface area contributed by atoms with E-state index in [0.29, 0.717) is 24.3 Å². The number of fused-ring (bicyclic) bond motifs is 4. The van der Waals surface area contributed by atoms with Crippen molar-refractivity contribution in [2.24, 2.45) is 0 Å². The molecule has 40 heavy (non-hydrogen) atoms. The molecule has 20 heteroatoms. The van der Waals surface area contributed by atoms with Crippen molar-refractivity contribution in [2.45, 2.75) is 19.6 Å². The molecular weight excluding hydrogens is 620 g/mol. The molecule has 0 aliphatic heterocycles. The van der Waals surface area contributed by atoms with E-state index < -0.39 is 92.7 Å². The molecule has 0 saturated heterocycles. The first-order chi connectivity index (χ1) is 18.2. The van der Waals surface area contributed by atoms with Crippen LogP contribution in [0.25, 0.3) is 43.6 Å². The van der Waals surface area contributed by atoms with Gasteiger partial charge >= 0.3 is 0 Å². The Morgan fingerprint density at radius 2 is 0.775 bits per heavy atom. The van der Waals surface area contributed by atoms with Crippen LogP contribution in [0.15, 0.2) is 65.6 Å². The van der Waals surface area contributed by atoms with Crippen LogP contribution < -0.4 is 10.9 Å². The van der Waals surface area contributed by atoms with E-state index in [9.17, 15) is 61.5 Å². The highest BCUT2D eigenvalue weighted by atomic mass is 32.2. The number of rotatable bonds is 4. The summed E-state index contributed by atoms with van der Waals surface area (Å²) in [5.41, 5.74) is -3.74. The summed E-state index contributed by atoms with van der Waals surface area (Å²) in [6.07, 6.45) is 0. The summed E-state index contributed by atoms with van der Waals surface area (Å²) in [6.45, 7) is 0. The largest absolute Gasteiger partial charge is 0.353 e. The summed E-state index contributed by atoms with van der Waals surface area (Å²) in [5, 5.41) is -1.86. The molecule has 5 rings (SSSR count). The van der Waals surface area contributed by atoms with Crippen LogP contribution in [0.1, 0.15) is 0 Å². The molecule has 16 nitrogen and oxygen atoms in total. The van der Waals surface area contributed by atoms with Crippen molar-refractivity contribution in [1.29, 1.82) is 0 Å². The van der Waals surface area contributed by atoms with E-state index in [2.05, 4.69) is 9.97 Å². The second-order valence-corrected chi connectivity index (χ2v) is 14.1. The van der Waals surface area contributed by atoms with Gasteiger partial charge in [-0.05, 0) is 36.4 Å². The SMILES string of the molecule is O=c1c2cc3[nH]c4c(S(=O)(=O)O)cc(S(=O)(=O)O)cc4c(=O)c3cc2[nH]c2c(S(=O)(=O)O)cc(S(=O)(=O)O)cc12. The maximum absolute atomic E-state index is 13.3. The third-order valence-corrected chi connectivity index (χ3v) is 9.38. The molecule has 0 aliphatic rings. The number of H-pyrrole nitrogens is 2. The van der Waals surface area contributed by atoms with E-state index in [1.807, 2.05) is 0 Å². The molecule has 0 aliphatic carbocycles. The smallest absolute Gasteiger partial charge is 0.296 e. The van der Waals surface area contributed by atoms with Crippen LogP contribution in [0.2, 0.25) is 0 Å². The van der Waals surface area contributed by atoms with Crippen LogP contribution in [0.5, 0.6) is 0 Å². The summed E-state index contributed by atoms with van der Waals surface area (Å²) in [7, 11) is -20.5. The minimum atomic E-state index is -5.19. The fourth-order valence-electron chi connectivity index (χ4n) is 4.24. The van der Waals surface area contributed by atoms with E-state index in [0.717, 1.165) is 12.1 Å². The zero-order valence-corrected chi connectivity index (χ0v) is 22.2. The minimum Gasteiger partial charge on any atom is -0.353 e. The highest BCUT2D eigenvalue weighted by Gasteiger charge is 2.25. The van der Waals surface area contributed by atoms with Crippen molar-refractivity contribution < 1.29 is 51.9 Å². The molecule has 2 aromatic heterocycles. The summed E-state index contributed by atoms with van der Waals surface area (Å²) < 4.78 is 133. The lowest BCUT2D eigenvalue weighted by atomic mass is 10.1. The van der Waals surface area contributed by atoms with Crippen LogP contribution in [0.3, 0.4) is 0 Å². The van der Waals surface area contributed by atoms with Gasteiger partial charge in [-0.25, -0.2) is 0 Å². The Balaban J connectivity index is 2.02. The monoisotopic (exact) mass is 632 g/mol. The van der Waals surface area contributed by atoms with Crippen molar-refractivity contribution >= 4 is 84.1 Å². The molecule has 0 spiro atoms. The van der Waals surface area contributed by atoms with Gasteiger partial charge in [-0.15, -0.1) is 0 Å². The van der Waals surface area contributed by atoms with Crippen molar-refractivity contribution in [2.75, 3.05) is 0 Å². The summed E-state index contributed by atoms with van der Waals surface area (Å²) in [5.74, 6) is 0. The van der Waals surface area contributed by atoms with Crippen molar-refractivity contribution in [1.82, 2.24) is 9.97 Å². The molecule has 0 amide bonds. The standard InChI is InChI=1S/C20H12N2O14S4/c23-19-9-5-14-10(20(24)12-2-8(38(28,29)30)4-16(18(12)22-14)40(34,35)36)6-13(9)21-17-11(19)1-7(37(25,26)27)3-15(17)39(31,32)33/h1-6H,(H,21,23)(H,22,24)(H,25,26,27)(H,28,29,30)(H,31,32,33)(H,34,35,36). The third-order valence-electron chi connectivity index (χ3n) is 5.96. The highest BCUT2D eigenvalue weighted by Crippen LogP contribution is 2.30. The maximum atomic E-state index is 13.3. The van der Waals surface area contributed by atoms with Crippen LogP contribution in [0.4, 0.5) is 0 Å². The van der Waals surface area contributed by atoms with Crippen molar-refractivity contribution in [3.8, 4) is 0 Å². The van der Waals surface area contributed by atoms with E-state index >= 15 is 0 Å². The van der Waals surface area contributed by atoms with Gasteiger partial charge in [0.1, 0.15) is 9.79 Å². The molecule has 210 valence electrons. The Bertz CT molecular complexity index is 2390. The molecule has 5 aromatic rings. The average Bonchev–Trinajstić information content (AvgIpc) is 2.80. The number of hydrogen-bond acceptors (Lipinski definition) is 10. The average molecular weight is 633 g/mol. The zero-order chi connectivity index (χ0) is 29.7. The van der Waals surface area contributed by atoms with Gasteiger partial charge in [0.05, 0.1) is 31.9 Å². The Labute approximate surface area is 221 Å². The Hall–Kier alpha value is -3.76. The van der Waals surface area contributed by atoms with E-state index in [1.165, 1.54) is 0 Å². The predicted molar refractivity (Wildman–Crippen MR) is 137 cm³/mol. The van der Waals surface area contributed by atoms with Crippen LogP contribution in [0, 0.1) is 0 Å². The van der Waals surface area contributed by atoms with Crippen LogP contribution in [-0.2, 0) is 40.5 Å². The molecule has 2 heterocycles. The van der Waals surface area contributed by atoms with Crippen LogP contribution >= 0.6 is 0 Å². The van der Waals surface area contributed by atoms with Gasteiger partial charge in [0.2, 0.25) is 0 Å². The fraction of sp³-hybridized carbons (Fsp3) is 0. The van der Waals surface area contributed by atoms with Gasteiger partial charge in [0.25, 0.3) is 40.5 Å². The lowest BCUT2D eigenvalue weighted by Gasteiger charge is -2.11. The molecule has 0 bridgehead atoms. The number of pyridine rings is 2. The van der Waals surface area contributed by atoms with Gasteiger partial charge in [0.15, 0.2) is 10.9 Å². The van der Waals surface area contributed by atoms with E-state index in [4.69, 9.17) is 0 Å². The topological polar surface area (TPSA) is 283 Å². The first kappa shape index (κ1) is 27.8. The lowest BCUT2D eigenvalue weighted by Crippen LogP contribution is -2.13. The van der Waals surface area contributed by atoms with Crippen molar-refractivity contribution in [3.63, 3.8) is 0 Å². The van der Waals surface area contributed by atoms with Gasteiger partial charge in [-0.3, -0.25) is 27.8 Å². The molecular formula is C20H12N2O14S4. The van der Waals surface area contributed by atoms with E-state index in [-0.39, 0.29) is 21.8 Å². The van der Waals surface area contributed by atoms with Gasteiger partial charge in [-0.2, -0.15) is 33.7 Å². The Morgan fingerprint density at radius 1 is 0.450 bits per heavy atom. The van der Waals surface area contributed by atoms with Gasteiger partial charge in [0, 0.05) is 21.5 Å². The minimum absolute atomic E-state index is 0.236. The predicted octanol–water partition coefficient (Wildman–Crippen LogP) is 0.663. The first-order valence-corrected chi connectivity index (χ1v) is 16.0. The molecule has 3 aromatic carbocycles. The summed E-state index contributed by atoms with van der Waals surface area (Å²) in [6, 6.07) is 4.06. The quantitative estimate of drug-likeness (QED) is 0.117. The molecule has 0 saturated carbocycles. The number of nitrogens with one attached hydrogen (secondary N) is 2. The zero-order valence-electron chi connectivity index (χ0n) is 19.0. The lowest BCUT2D eigenvalue weighted by molar-refractivity contribution is 0.477. The van der Waals surface area contributed by atoms with Gasteiger partial charge in [-0.1, -0.05) is 0 Å². The molecule has 0 fully saturated rings. The number of benzene rings is 3. The summed E-state index contributed by atoms with van der Waals surface area (Å²) >= 11 is 0. The Morgan fingerprint density at radius 3 is 1.05 bits per heavy atom. The molecule has 6 N–H and O–H groups in total. The fourth-order valence-corrected chi connectivity index (χ4v) is 6.85. The Kier molecular flexibility index (Phi) is 5.82. The van der Waals surface area contributed by atoms with Gasteiger partial charge < -0.3 is 9.97 Å². The second-order valence-electron chi connectivity index (χ2n) is 8.44. The molecule has 0 atom stereocenters. The first-order valence-electron chi connectivity index (χ1n) is 10.3. The normalized spacial score (nSPS) is 13.5. The number of aromatic amines is 2. The highest BCUT2D eigenvalue weighted by molar-refractivity contribution is 7.87. The second kappa shape index (κ2) is 8.37. The third kappa shape index (κ3) is 4.45. The van der Waals surface area contributed by atoms with Crippen LogP contribution in [-0.4, -0.2) is 61.9 Å². The van der Waals surface area contributed by atoms with Crippen molar-refractivity contribution in [3.05, 3.63) is 56.8 Å². The molecule has 0 radical (unpaired) electrons. The van der Waals surface area contributed by atoms with E-state index in [1.54, 1.807) is 0 Å². The molecule has 0 unspecified atom stereocenters. The summed E-state index contributed by atoms with van der Waals surface area (Å²) in [4.78, 5) is 27.4. The number of aromatic nitrogens is 2.